The van der Waals surface area contributed by atoms with Crippen LogP contribution in [0.5, 0.6) is 0 Å². The second-order valence-corrected chi connectivity index (χ2v) is 8.59. The van der Waals surface area contributed by atoms with Gasteiger partial charge in [-0.05, 0) is 54.8 Å². The molecule has 1 aliphatic heterocycles. The molecule has 0 spiro atoms. The van der Waals surface area contributed by atoms with Crippen molar-refractivity contribution in [3.63, 3.8) is 0 Å². The van der Waals surface area contributed by atoms with Crippen LogP contribution < -0.4 is 10.6 Å². The minimum atomic E-state index is -0.160. The average molecular weight is 516 g/mol. The predicted molar refractivity (Wildman–Crippen MR) is 124 cm³/mol. The normalized spacial score (nSPS) is 16.6. The molecule has 1 fully saturated rings. The Kier molecular flexibility index (Phi) is 4.62. The van der Waals surface area contributed by atoms with Crippen molar-refractivity contribution >= 4 is 56.7 Å². The van der Waals surface area contributed by atoms with Gasteiger partial charge in [-0.25, -0.2) is 14.6 Å². The standard InChI is InChI=1S/C20H21IN8O/c1-12(29-19-16(17(21)25-29)18(22)23-11-24-19)14-9-13-5-3-4-6-27(13)20(14)28-8-7-26(2)10-15(28)30/h3-6,9,11-12H,7-8,10H2,1-2H3,(H2,22,23,24). The Hall–Kier alpha value is -2.73. The van der Waals surface area contributed by atoms with Gasteiger partial charge >= 0.3 is 0 Å². The molecule has 1 amide bonds. The monoisotopic (exact) mass is 516 g/mol. The number of rotatable bonds is 3. The van der Waals surface area contributed by atoms with Crippen LogP contribution in [0.1, 0.15) is 18.5 Å². The minimum Gasteiger partial charge on any atom is -0.383 e. The van der Waals surface area contributed by atoms with E-state index in [-0.39, 0.29) is 11.9 Å². The first-order chi connectivity index (χ1) is 14.5. The minimum absolute atomic E-state index is 0.0903. The van der Waals surface area contributed by atoms with Gasteiger partial charge in [-0.3, -0.25) is 14.6 Å². The van der Waals surface area contributed by atoms with Gasteiger partial charge in [-0.2, -0.15) is 5.10 Å². The molecule has 5 heterocycles. The number of hydrogen-bond acceptors (Lipinski definition) is 6. The number of carbonyl (C=O) groups excluding carboxylic acids is 1. The number of anilines is 2. The summed E-state index contributed by atoms with van der Waals surface area (Å²) in [6, 6.07) is 7.99. The van der Waals surface area contributed by atoms with Crippen molar-refractivity contribution in [2.75, 3.05) is 37.3 Å². The van der Waals surface area contributed by atoms with Gasteiger partial charge in [0.1, 0.15) is 21.7 Å². The first-order valence-corrected chi connectivity index (χ1v) is 10.8. The summed E-state index contributed by atoms with van der Waals surface area (Å²) in [4.78, 5) is 25.4. The quantitative estimate of drug-likeness (QED) is 0.420. The topological polar surface area (TPSA) is 97.6 Å². The number of halogens is 1. The number of nitrogens with zero attached hydrogens (tertiary/aromatic N) is 7. The summed E-state index contributed by atoms with van der Waals surface area (Å²) in [5.41, 5.74) is 8.80. The second-order valence-electron chi connectivity index (χ2n) is 7.57. The van der Waals surface area contributed by atoms with Crippen LogP contribution in [0.15, 0.2) is 36.8 Å². The smallest absolute Gasteiger partial charge is 0.242 e. The van der Waals surface area contributed by atoms with Gasteiger partial charge in [-0.15, -0.1) is 0 Å². The van der Waals surface area contributed by atoms with E-state index in [9.17, 15) is 4.79 Å². The number of aromatic nitrogens is 5. The van der Waals surface area contributed by atoms with E-state index in [2.05, 4.69) is 49.9 Å². The maximum atomic E-state index is 12.9. The SMILES string of the molecule is CC(c1cc2ccccn2c1N1CCN(C)CC1=O)n1nc(I)c2c(N)ncnc21. The third-order valence-electron chi connectivity index (χ3n) is 5.64. The fourth-order valence-electron chi connectivity index (χ4n) is 4.09. The molecule has 30 heavy (non-hydrogen) atoms. The largest absolute Gasteiger partial charge is 0.383 e. The van der Waals surface area contributed by atoms with Crippen LogP contribution in [0.25, 0.3) is 16.6 Å². The summed E-state index contributed by atoms with van der Waals surface area (Å²) >= 11 is 2.16. The molecule has 0 saturated carbocycles. The van der Waals surface area contributed by atoms with Gasteiger partial charge in [0, 0.05) is 30.4 Å². The van der Waals surface area contributed by atoms with E-state index < -0.39 is 0 Å². The van der Waals surface area contributed by atoms with Crippen LogP contribution in [0.3, 0.4) is 0 Å². The lowest BCUT2D eigenvalue weighted by Gasteiger charge is -2.33. The van der Waals surface area contributed by atoms with E-state index in [4.69, 9.17) is 10.8 Å². The molecule has 1 aliphatic rings. The van der Waals surface area contributed by atoms with Gasteiger partial charge in [0.05, 0.1) is 18.0 Å². The number of piperazine rings is 1. The predicted octanol–water partition coefficient (Wildman–Crippen LogP) is 2.15. The van der Waals surface area contributed by atoms with Gasteiger partial charge in [0.25, 0.3) is 0 Å². The number of carbonyl (C=O) groups is 1. The first kappa shape index (κ1) is 19.2. The Bertz CT molecular complexity index is 1280. The number of amides is 1. The highest BCUT2D eigenvalue weighted by molar-refractivity contribution is 14.1. The van der Waals surface area contributed by atoms with Crippen LogP contribution in [-0.4, -0.2) is 61.6 Å². The molecule has 0 radical (unpaired) electrons. The van der Waals surface area contributed by atoms with Crippen molar-refractivity contribution in [1.82, 2.24) is 29.0 Å². The first-order valence-electron chi connectivity index (χ1n) is 9.68. The second kappa shape index (κ2) is 7.20. The molecule has 0 aliphatic carbocycles. The molecule has 4 aromatic rings. The van der Waals surface area contributed by atoms with E-state index in [1.165, 1.54) is 6.33 Å². The summed E-state index contributed by atoms with van der Waals surface area (Å²) in [6.45, 7) is 3.94. The molecule has 9 nitrogen and oxygen atoms in total. The maximum absolute atomic E-state index is 12.9. The number of hydrogen-bond donors (Lipinski definition) is 1. The lowest BCUT2D eigenvalue weighted by molar-refractivity contribution is -0.120. The maximum Gasteiger partial charge on any atom is 0.242 e. The van der Waals surface area contributed by atoms with Gasteiger partial charge < -0.3 is 10.1 Å². The summed E-state index contributed by atoms with van der Waals surface area (Å²) < 4.78 is 4.71. The Morgan fingerprint density at radius 1 is 1.23 bits per heavy atom. The number of nitrogens with two attached hydrogens (primary N) is 1. The van der Waals surface area contributed by atoms with Crippen LogP contribution in [0.4, 0.5) is 11.6 Å². The molecule has 1 unspecified atom stereocenters. The van der Waals surface area contributed by atoms with E-state index in [0.29, 0.717) is 24.6 Å². The fraction of sp³-hybridized carbons (Fsp3) is 0.300. The Labute approximate surface area is 186 Å². The van der Waals surface area contributed by atoms with E-state index in [1.807, 2.05) is 45.9 Å². The molecule has 5 rings (SSSR count). The van der Waals surface area contributed by atoms with Crippen LogP contribution >= 0.6 is 22.6 Å². The van der Waals surface area contributed by atoms with E-state index in [1.54, 1.807) is 0 Å². The van der Waals surface area contributed by atoms with Crippen LogP contribution in [0.2, 0.25) is 0 Å². The highest BCUT2D eigenvalue weighted by Gasteiger charge is 2.30. The van der Waals surface area contributed by atoms with E-state index in [0.717, 1.165) is 32.5 Å². The molecular formula is C20H21IN8O. The number of likely N-dealkylation sites (N-methyl/N-ethyl adjacent to an activating group) is 1. The lowest BCUT2D eigenvalue weighted by Crippen LogP contribution is -2.49. The third-order valence-corrected chi connectivity index (χ3v) is 6.40. The molecular weight excluding hydrogens is 495 g/mol. The van der Waals surface area contributed by atoms with Crippen LogP contribution in [0, 0.1) is 3.70 Å². The highest BCUT2D eigenvalue weighted by atomic mass is 127. The third kappa shape index (κ3) is 2.93. The zero-order chi connectivity index (χ0) is 21.0. The van der Waals surface area contributed by atoms with Crippen LogP contribution in [-0.2, 0) is 4.79 Å². The van der Waals surface area contributed by atoms with Crippen molar-refractivity contribution in [1.29, 1.82) is 0 Å². The van der Waals surface area contributed by atoms with Gasteiger partial charge in [0.2, 0.25) is 5.91 Å². The number of fused-ring (bicyclic) bond motifs is 2. The lowest BCUT2D eigenvalue weighted by atomic mass is 10.1. The van der Waals surface area contributed by atoms with E-state index >= 15 is 0 Å². The fourth-order valence-corrected chi connectivity index (χ4v) is 4.84. The van der Waals surface area contributed by atoms with Crippen molar-refractivity contribution in [2.24, 2.45) is 0 Å². The summed E-state index contributed by atoms with van der Waals surface area (Å²) in [5.74, 6) is 1.39. The van der Waals surface area contributed by atoms with Crippen molar-refractivity contribution in [3.05, 3.63) is 46.1 Å². The van der Waals surface area contributed by atoms with Crippen molar-refractivity contribution in [3.8, 4) is 0 Å². The zero-order valence-corrected chi connectivity index (χ0v) is 18.8. The number of pyridine rings is 1. The van der Waals surface area contributed by atoms with Gasteiger partial charge in [-0.1, -0.05) is 6.07 Å². The summed E-state index contributed by atoms with van der Waals surface area (Å²) in [5, 5.41) is 5.47. The Morgan fingerprint density at radius 3 is 2.87 bits per heavy atom. The molecule has 0 bridgehead atoms. The Morgan fingerprint density at radius 2 is 2.07 bits per heavy atom. The number of nitrogen functional groups attached to an aromatic ring is 1. The van der Waals surface area contributed by atoms with Crippen molar-refractivity contribution in [2.45, 2.75) is 13.0 Å². The zero-order valence-electron chi connectivity index (χ0n) is 16.7. The van der Waals surface area contributed by atoms with Crippen molar-refractivity contribution < 1.29 is 4.79 Å². The van der Waals surface area contributed by atoms with Gasteiger partial charge in [0.15, 0.2) is 5.65 Å². The molecule has 10 heteroatoms. The molecule has 0 aromatic carbocycles. The molecule has 1 saturated heterocycles. The molecule has 2 N–H and O–H groups in total. The molecule has 4 aromatic heterocycles. The Balaban J connectivity index is 1.70. The highest BCUT2D eigenvalue weighted by Crippen LogP contribution is 2.35. The summed E-state index contributed by atoms with van der Waals surface area (Å²) in [6.07, 6.45) is 3.46. The molecule has 154 valence electrons. The summed E-state index contributed by atoms with van der Waals surface area (Å²) in [7, 11) is 1.97. The average Bonchev–Trinajstić information content (AvgIpc) is 3.27. The molecule has 1 atom stereocenters.